The number of carbonyl (C=O) groups excluding carboxylic acids is 2. The highest BCUT2D eigenvalue weighted by molar-refractivity contribution is 7.80. The molecule has 1 aliphatic heterocycles. The number of ether oxygens (including phenoxy) is 1. The minimum atomic E-state index is -5.54. The molecule has 0 spiro atoms. The third-order valence-corrected chi connectivity index (χ3v) is 10.9. The topological polar surface area (TPSA) is 496 Å². The van der Waals surface area contributed by atoms with Gasteiger partial charge >= 0.3 is 47.3 Å². The van der Waals surface area contributed by atoms with Gasteiger partial charge in [-0.15, -0.1) is 0 Å². The first-order valence-electron chi connectivity index (χ1n) is 17.8. The summed E-state index contributed by atoms with van der Waals surface area (Å²) in [6, 6.07) is 0. The van der Waals surface area contributed by atoms with E-state index < -0.39 is 103 Å². The molecule has 0 aromatic carbocycles. The number of carboxylic acid groups (broad SMARTS) is 4. The van der Waals surface area contributed by atoms with Crippen LogP contribution in [0, 0.1) is 5.41 Å². The largest absolute Gasteiger partial charge is 0.481 e. The van der Waals surface area contributed by atoms with Crippen LogP contribution in [0.4, 0.5) is 5.82 Å². The molecule has 64 heavy (non-hydrogen) atoms. The number of phosphoric acid groups is 3. The van der Waals surface area contributed by atoms with Gasteiger partial charge in [0.25, 0.3) is 0 Å². The quantitative estimate of drug-likeness (QED) is 0.0408. The van der Waals surface area contributed by atoms with Crippen molar-refractivity contribution in [3.8, 4) is 0 Å². The van der Waals surface area contributed by atoms with E-state index in [1.807, 2.05) is 0 Å². The number of rotatable bonds is 24. The van der Waals surface area contributed by atoms with Gasteiger partial charge in [-0.05, 0) is 0 Å². The molecule has 3 heterocycles. The molecule has 14 N–H and O–H groups in total. The monoisotopic (exact) mass is 1000 g/mol. The van der Waals surface area contributed by atoms with E-state index in [1.54, 1.807) is 0 Å². The van der Waals surface area contributed by atoms with E-state index in [2.05, 4.69) is 47.0 Å². The van der Waals surface area contributed by atoms with Crippen LogP contribution in [0.3, 0.4) is 0 Å². The molecule has 0 aliphatic carbocycles. The van der Waals surface area contributed by atoms with Gasteiger partial charge in [0.15, 0.2) is 17.7 Å². The van der Waals surface area contributed by atoms with Crippen molar-refractivity contribution in [2.24, 2.45) is 5.41 Å². The number of nitrogens with one attached hydrogen (secondary N) is 2. The van der Waals surface area contributed by atoms with Crippen molar-refractivity contribution < 1.29 is 115 Å². The number of aliphatic carboxylic acids is 4. The van der Waals surface area contributed by atoms with Crippen molar-refractivity contribution in [3.05, 3.63) is 12.7 Å². The van der Waals surface area contributed by atoms with Crippen LogP contribution < -0.4 is 16.4 Å². The second-order valence-electron chi connectivity index (χ2n) is 13.4. The third-order valence-electron chi connectivity index (χ3n) is 7.62. The zero-order valence-corrected chi connectivity index (χ0v) is 37.0. The van der Waals surface area contributed by atoms with Crippen LogP contribution in [0.2, 0.25) is 0 Å². The predicted octanol–water partition coefficient (Wildman–Crippen LogP) is -1.79. The molecule has 3 rings (SSSR count). The van der Waals surface area contributed by atoms with Crippen LogP contribution in [-0.4, -0.2) is 162 Å². The fraction of sp³-hybridized carbons (Fsp3) is 0.621. The number of anilines is 1. The Labute approximate surface area is 366 Å². The number of phosphoric ester groups is 3. The highest BCUT2D eigenvalue weighted by Crippen LogP contribution is 2.61. The number of aliphatic hydroxyl groups is 2. The van der Waals surface area contributed by atoms with E-state index in [0.29, 0.717) is 12.3 Å². The molecule has 35 heteroatoms. The second kappa shape index (κ2) is 26.1. The smallest absolute Gasteiger partial charge is 0.481 e. The lowest BCUT2D eigenvalue weighted by molar-refractivity contribution is -0.143. The molecule has 2 unspecified atom stereocenters. The molecule has 2 aromatic heterocycles. The molecule has 1 aliphatic rings. The van der Waals surface area contributed by atoms with E-state index >= 15 is 0 Å². The number of nitrogens with zero attached hydrogens (tertiary/aromatic N) is 4. The summed E-state index contributed by atoms with van der Waals surface area (Å²) in [6.45, 7) is 0.723. The zero-order valence-electron chi connectivity index (χ0n) is 33.5. The first kappa shape index (κ1) is 57.8. The molecule has 7 atom stereocenters. The summed E-state index contributed by atoms with van der Waals surface area (Å²) < 4.78 is 61.7. The lowest BCUT2D eigenvalue weighted by Gasteiger charge is -2.30. The van der Waals surface area contributed by atoms with Gasteiger partial charge in [0.2, 0.25) is 11.8 Å². The molecule has 0 radical (unpaired) electrons. The summed E-state index contributed by atoms with van der Waals surface area (Å²) in [4.78, 5) is 113. The molecule has 364 valence electrons. The van der Waals surface area contributed by atoms with Gasteiger partial charge in [0, 0.05) is 30.7 Å². The summed E-state index contributed by atoms with van der Waals surface area (Å²) >= 11 is 3.95. The van der Waals surface area contributed by atoms with Crippen molar-refractivity contribution in [2.45, 2.75) is 76.6 Å². The number of aromatic nitrogens is 4. The number of imidazole rings is 1. The number of hydrogen-bond acceptors (Lipinski definition) is 21. The number of fused-ring (bicyclic) bond motifs is 1. The van der Waals surface area contributed by atoms with Gasteiger partial charge in [-0.1, -0.05) is 13.8 Å². The van der Waals surface area contributed by atoms with Gasteiger partial charge in [0.05, 0.1) is 45.2 Å². The molecule has 0 bridgehead atoms. The van der Waals surface area contributed by atoms with Crippen molar-refractivity contribution in [2.75, 3.05) is 37.8 Å². The third kappa shape index (κ3) is 21.6. The highest BCUT2D eigenvalue weighted by Gasteiger charge is 2.50. The van der Waals surface area contributed by atoms with E-state index in [1.165, 1.54) is 13.8 Å². The highest BCUT2D eigenvalue weighted by atomic mass is 32.1. The van der Waals surface area contributed by atoms with Crippen LogP contribution in [0.25, 0.3) is 11.2 Å². The van der Waals surface area contributed by atoms with Crippen molar-refractivity contribution in [1.82, 2.24) is 30.2 Å². The van der Waals surface area contributed by atoms with Crippen molar-refractivity contribution >= 4 is 88.8 Å². The molecular formula is C29H48N7O24P3S. The summed E-state index contributed by atoms with van der Waals surface area (Å²) in [7, 11) is -16.3. The number of nitrogens with two attached hydrogens (primary N) is 1. The Morgan fingerprint density at radius 3 is 1.89 bits per heavy atom. The molecule has 0 saturated carbocycles. The summed E-state index contributed by atoms with van der Waals surface area (Å²) in [5.74, 6) is -5.25. The van der Waals surface area contributed by atoms with Crippen LogP contribution in [0.5, 0.6) is 0 Å². The number of nitrogen functional groups attached to an aromatic ring is 1. The van der Waals surface area contributed by atoms with Gasteiger partial charge in [-0.25, -0.2) is 28.6 Å². The number of thiol groups is 1. The Balaban J connectivity index is 0.00000108. The molecular weight excluding hydrogens is 955 g/mol. The van der Waals surface area contributed by atoms with Gasteiger partial charge in [-0.2, -0.15) is 16.9 Å². The maximum absolute atomic E-state index is 12.6. The number of hydrogen-bond donors (Lipinski definition) is 14. The molecule has 31 nitrogen and oxygen atoms in total. The van der Waals surface area contributed by atoms with Crippen LogP contribution in [0.15, 0.2) is 12.7 Å². The number of carboxylic acids is 4. The number of aliphatic hydroxyl groups excluding tert-OH is 2. The lowest BCUT2D eigenvalue weighted by Crippen LogP contribution is -2.46. The number of carbonyl (C=O) groups is 6. The average Bonchev–Trinajstić information content (AvgIpc) is 3.74. The van der Waals surface area contributed by atoms with Crippen LogP contribution >= 0.6 is 36.1 Å². The SMILES string of the molecule is CC(C)(COP(=O)(O)OP(=O)(O)OC[C@H]1O[C@@H](n2cnc3c(N)ncnc32)[C@H](O)[C@@H]1OP(=O)(O)O)[C@@H](O)C(=O)NCCC(=O)NCCS.O=C(O)CCC(=O)O.O=C(O)CCC(=O)O. The van der Waals surface area contributed by atoms with Gasteiger partial charge in [-0.3, -0.25) is 46.9 Å². The average molecular weight is 1000 g/mol. The van der Waals surface area contributed by atoms with Crippen LogP contribution in [-0.2, 0) is 65.1 Å². The fourth-order valence-corrected chi connectivity index (χ4v) is 7.50. The maximum Gasteiger partial charge on any atom is 0.481 e. The number of amides is 2. The molecule has 2 aromatic rings. The van der Waals surface area contributed by atoms with E-state index in [0.717, 1.165) is 17.2 Å². The fourth-order valence-electron chi connectivity index (χ4n) is 4.56. The first-order chi connectivity index (χ1) is 29.4. The maximum atomic E-state index is 12.6. The minimum Gasteiger partial charge on any atom is -0.481 e. The summed E-state index contributed by atoms with van der Waals surface area (Å²) in [5, 5.41) is 57.7. The van der Waals surface area contributed by atoms with Crippen molar-refractivity contribution in [1.29, 1.82) is 0 Å². The molecule has 1 fully saturated rings. The molecule has 2 amide bonds. The Morgan fingerprint density at radius 1 is 0.859 bits per heavy atom. The Hall–Kier alpha value is -4.23. The lowest BCUT2D eigenvalue weighted by atomic mass is 9.87. The summed E-state index contributed by atoms with van der Waals surface area (Å²) in [6.07, 6.45) is -7.92. The first-order valence-corrected chi connectivity index (χ1v) is 22.9. The minimum absolute atomic E-state index is 0.0363. The Morgan fingerprint density at radius 2 is 1.39 bits per heavy atom. The van der Waals surface area contributed by atoms with E-state index in [9.17, 15) is 72.2 Å². The van der Waals surface area contributed by atoms with Gasteiger partial charge in [0.1, 0.15) is 36.3 Å². The normalized spacial score (nSPS) is 19.6. The zero-order chi connectivity index (χ0) is 49.2. The van der Waals surface area contributed by atoms with Crippen molar-refractivity contribution in [3.63, 3.8) is 0 Å². The summed E-state index contributed by atoms with van der Waals surface area (Å²) in [5.41, 5.74) is 4.30. The van der Waals surface area contributed by atoms with Crippen LogP contribution in [0.1, 0.15) is 52.2 Å². The Kier molecular flexibility index (Phi) is 23.5. The standard InChI is InChI=1S/C21H36N7O16P3S.2C4H6O4/c1-21(2,16(31)19(32)24-4-3-12(29)23-5-6-48)8-41-47(38,39)44-46(36,37)40-7-11-15(43-45(33,34)35)14(30)20(42-11)28-10-27-13-17(22)25-9-26-18(13)28;2*5-3(6)1-2-4(7)8/h9-11,14-16,20,30-31,48H,3-8H2,1-2H3,(H,23,29)(H,24,32)(H,36,37)(H,38,39)(H2,22,25,26)(H2,33,34,35);2*1-2H2,(H,5,6)(H,7,8)/t11-,14-,15-,16+,20-;;/m1../s1. The van der Waals surface area contributed by atoms with Gasteiger partial charge < -0.3 is 71.3 Å². The Bertz CT molecular complexity index is 2020. The predicted molar refractivity (Wildman–Crippen MR) is 212 cm³/mol. The van der Waals surface area contributed by atoms with E-state index in [-0.39, 0.29) is 61.5 Å². The molecule has 1 saturated heterocycles. The second-order valence-corrected chi connectivity index (χ2v) is 18.1. The van der Waals surface area contributed by atoms with E-state index in [4.69, 9.17) is 39.9 Å².